The monoisotopic (exact) mass is 369 g/mol. The molecule has 2 heterocycles. The van der Waals surface area contributed by atoms with E-state index in [1.54, 1.807) is 11.3 Å². The summed E-state index contributed by atoms with van der Waals surface area (Å²) in [5.41, 5.74) is 6.45. The lowest BCUT2D eigenvalue weighted by Gasteiger charge is -2.28. The third-order valence-corrected chi connectivity index (χ3v) is 6.02. The highest BCUT2D eigenvalue weighted by Gasteiger charge is 2.12. The first-order valence-corrected chi connectivity index (χ1v) is 10.2. The third kappa shape index (κ3) is 4.52. The van der Waals surface area contributed by atoms with E-state index in [4.69, 9.17) is 0 Å². The minimum Gasteiger partial charge on any atom is -0.372 e. The van der Waals surface area contributed by atoms with E-state index in [0.717, 1.165) is 24.4 Å². The quantitative estimate of drug-likeness (QED) is 0.594. The Hall–Kier alpha value is -2.14. The van der Waals surface area contributed by atoms with E-state index < -0.39 is 0 Å². The number of carbonyl (C=O) groups is 1. The topological polar surface area (TPSA) is 44.7 Å². The summed E-state index contributed by atoms with van der Waals surface area (Å²) in [6.45, 7) is 8.46. The first-order chi connectivity index (χ1) is 12.5. The normalized spacial score (nSPS) is 15.4. The van der Waals surface area contributed by atoms with Gasteiger partial charge in [0.15, 0.2) is 0 Å². The molecule has 1 fully saturated rings. The molecule has 5 heteroatoms. The molecule has 0 atom stereocenters. The Kier molecular flexibility index (Phi) is 6.09. The summed E-state index contributed by atoms with van der Waals surface area (Å²) in [6, 6.07) is 10.4. The van der Waals surface area contributed by atoms with Crippen molar-refractivity contribution in [2.45, 2.75) is 46.0 Å². The molecule has 0 spiro atoms. The molecule has 1 aromatic heterocycles. The molecule has 0 bridgehead atoms. The summed E-state index contributed by atoms with van der Waals surface area (Å²) < 4.78 is 0. The van der Waals surface area contributed by atoms with Gasteiger partial charge in [0.1, 0.15) is 0 Å². The Labute approximate surface area is 159 Å². The molecule has 2 aromatic rings. The number of amides is 1. The van der Waals surface area contributed by atoms with Crippen molar-refractivity contribution in [2.24, 2.45) is 5.10 Å². The van der Waals surface area contributed by atoms with Gasteiger partial charge in [0, 0.05) is 29.0 Å². The fourth-order valence-electron chi connectivity index (χ4n) is 3.10. The molecule has 0 radical (unpaired) electrons. The number of nitrogens with zero attached hydrogens (tertiary/aromatic N) is 2. The Bertz CT molecular complexity index is 771. The lowest BCUT2D eigenvalue weighted by atomic mass is 10.1. The van der Waals surface area contributed by atoms with Crippen LogP contribution in [0.2, 0.25) is 0 Å². The smallest absolute Gasteiger partial charge is 0.272 e. The molecule has 138 valence electrons. The zero-order chi connectivity index (χ0) is 18.5. The average molecular weight is 370 g/mol. The second-order valence-corrected chi connectivity index (χ2v) is 8.07. The molecule has 26 heavy (non-hydrogen) atoms. The summed E-state index contributed by atoms with van der Waals surface area (Å²) in [4.78, 5) is 15.9. The molecule has 0 unspecified atom stereocenters. The highest BCUT2D eigenvalue weighted by atomic mass is 32.1. The van der Waals surface area contributed by atoms with Crippen LogP contribution in [0.15, 0.2) is 40.8 Å². The van der Waals surface area contributed by atoms with Gasteiger partial charge in [0.25, 0.3) is 5.91 Å². The lowest BCUT2D eigenvalue weighted by Crippen LogP contribution is -2.29. The van der Waals surface area contributed by atoms with Crippen molar-refractivity contribution in [3.63, 3.8) is 0 Å². The first-order valence-electron chi connectivity index (χ1n) is 9.33. The number of hydrogen-bond donors (Lipinski definition) is 1. The summed E-state index contributed by atoms with van der Waals surface area (Å²) >= 11 is 1.62. The maximum Gasteiger partial charge on any atom is 0.272 e. The van der Waals surface area contributed by atoms with E-state index in [0.29, 0.717) is 11.5 Å². The van der Waals surface area contributed by atoms with Crippen molar-refractivity contribution in [3.8, 4) is 0 Å². The maximum absolute atomic E-state index is 12.3. The van der Waals surface area contributed by atoms with Crippen LogP contribution in [0.1, 0.15) is 66.8 Å². The van der Waals surface area contributed by atoms with E-state index in [-0.39, 0.29) is 5.91 Å². The first kappa shape index (κ1) is 18.6. The number of carbonyl (C=O) groups excluding carboxylic acids is 1. The Morgan fingerprint density at radius 3 is 2.42 bits per heavy atom. The Morgan fingerprint density at radius 1 is 1.12 bits per heavy atom. The molecule has 1 N–H and O–H groups in total. The largest absolute Gasteiger partial charge is 0.372 e. The zero-order valence-electron chi connectivity index (χ0n) is 15.8. The van der Waals surface area contributed by atoms with Gasteiger partial charge in [-0.2, -0.15) is 5.10 Å². The van der Waals surface area contributed by atoms with Gasteiger partial charge in [-0.1, -0.05) is 26.0 Å². The maximum atomic E-state index is 12.3. The van der Waals surface area contributed by atoms with Crippen LogP contribution in [0.5, 0.6) is 0 Å². The minimum absolute atomic E-state index is 0.155. The van der Waals surface area contributed by atoms with Crippen LogP contribution in [-0.4, -0.2) is 24.7 Å². The van der Waals surface area contributed by atoms with Gasteiger partial charge in [-0.25, -0.2) is 5.43 Å². The zero-order valence-corrected chi connectivity index (χ0v) is 16.6. The standard InChI is InChI=1S/C21H27N3OS/c1-15(2)20-13-18(14-26-20)21(25)23-22-16(3)17-7-9-19(10-8-17)24-11-5-4-6-12-24/h7-10,13-15H,4-6,11-12H2,1-3H3,(H,23,25)/b22-16-. The van der Waals surface area contributed by atoms with E-state index in [9.17, 15) is 4.79 Å². The molecular formula is C21H27N3OS. The van der Waals surface area contributed by atoms with Crippen LogP contribution in [0.4, 0.5) is 5.69 Å². The number of nitrogens with one attached hydrogen (secondary N) is 1. The molecule has 1 amide bonds. The number of hydrogen-bond acceptors (Lipinski definition) is 4. The van der Waals surface area contributed by atoms with Crippen LogP contribution in [0.25, 0.3) is 0 Å². The number of hydrazone groups is 1. The second-order valence-electron chi connectivity index (χ2n) is 7.13. The van der Waals surface area contributed by atoms with Crippen LogP contribution in [0.3, 0.4) is 0 Å². The van der Waals surface area contributed by atoms with Crippen LogP contribution in [-0.2, 0) is 0 Å². The van der Waals surface area contributed by atoms with Crippen molar-refractivity contribution in [2.75, 3.05) is 18.0 Å². The highest BCUT2D eigenvalue weighted by molar-refractivity contribution is 7.10. The molecule has 1 aromatic carbocycles. The van der Waals surface area contributed by atoms with Crippen molar-refractivity contribution >= 4 is 28.6 Å². The highest BCUT2D eigenvalue weighted by Crippen LogP contribution is 2.23. The Morgan fingerprint density at radius 2 is 1.81 bits per heavy atom. The predicted molar refractivity (Wildman–Crippen MR) is 111 cm³/mol. The average Bonchev–Trinajstić information content (AvgIpc) is 3.17. The van der Waals surface area contributed by atoms with Crippen LogP contribution < -0.4 is 10.3 Å². The van der Waals surface area contributed by atoms with Crippen LogP contribution >= 0.6 is 11.3 Å². The van der Waals surface area contributed by atoms with E-state index in [1.807, 2.05) is 18.4 Å². The SMILES string of the molecule is C/C(=N/NC(=O)c1csc(C(C)C)c1)c1ccc(N2CCCCC2)cc1. The van der Waals surface area contributed by atoms with Gasteiger partial charge >= 0.3 is 0 Å². The fourth-order valence-corrected chi connectivity index (χ4v) is 4.01. The third-order valence-electron chi connectivity index (χ3n) is 4.78. The number of anilines is 1. The summed E-state index contributed by atoms with van der Waals surface area (Å²) in [6.07, 6.45) is 3.88. The van der Waals surface area contributed by atoms with E-state index >= 15 is 0 Å². The lowest BCUT2D eigenvalue weighted by molar-refractivity contribution is 0.0955. The van der Waals surface area contributed by atoms with E-state index in [2.05, 4.69) is 53.5 Å². The number of benzene rings is 1. The molecule has 1 aliphatic heterocycles. The number of thiophene rings is 1. The molecular weight excluding hydrogens is 342 g/mol. The molecule has 3 rings (SSSR count). The van der Waals surface area contributed by atoms with Gasteiger partial charge < -0.3 is 4.90 Å². The molecule has 0 aliphatic carbocycles. The van der Waals surface area contributed by atoms with Gasteiger partial charge in [0.2, 0.25) is 0 Å². The molecule has 1 saturated heterocycles. The van der Waals surface area contributed by atoms with Crippen molar-refractivity contribution in [1.29, 1.82) is 0 Å². The van der Waals surface area contributed by atoms with Crippen molar-refractivity contribution in [1.82, 2.24) is 5.43 Å². The van der Waals surface area contributed by atoms with Gasteiger partial charge in [0.05, 0.1) is 11.3 Å². The molecule has 4 nitrogen and oxygen atoms in total. The van der Waals surface area contributed by atoms with Gasteiger partial charge in [-0.05, 0) is 55.9 Å². The fraction of sp³-hybridized carbons (Fsp3) is 0.429. The second kappa shape index (κ2) is 8.49. The van der Waals surface area contributed by atoms with Crippen molar-refractivity contribution in [3.05, 3.63) is 51.7 Å². The predicted octanol–water partition coefficient (Wildman–Crippen LogP) is 5.02. The van der Waals surface area contributed by atoms with Gasteiger partial charge in [-0.15, -0.1) is 11.3 Å². The van der Waals surface area contributed by atoms with Gasteiger partial charge in [-0.3, -0.25) is 4.79 Å². The summed E-state index contributed by atoms with van der Waals surface area (Å²) in [5, 5.41) is 6.17. The Balaban J connectivity index is 1.62. The van der Waals surface area contributed by atoms with E-state index in [1.165, 1.54) is 29.8 Å². The van der Waals surface area contributed by atoms with Crippen molar-refractivity contribution < 1.29 is 4.79 Å². The number of piperidine rings is 1. The minimum atomic E-state index is -0.155. The summed E-state index contributed by atoms with van der Waals surface area (Å²) in [5.74, 6) is 0.280. The summed E-state index contributed by atoms with van der Waals surface area (Å²) in [7, 11) is 0. The van der Waals surface area contributed by atoms with Crippen LogP contribution in [0, 0.1) is 0 Å². The number of rotatable bonds is 5. The molecule has 0 saturated carbocycles. The molecule has 1 aliphatic rings.